The molecule has 6 nitrogen and oxygen atoms in total. The Balaban J connectivity index is 0.749. The summed E-state index contributed by atoms with van der Waals surface area (Å²) >= 11 is 0. The van der Waals surface area contributed by atoms with Crippen LogP contribution in [0.3, 0.4) is 0 Å². The molecule has 0 aromatic carbocycles. The Hall–Kier alpha value is -1.98. The molecule has 6 heteroatoms. The summed E-state index contributed by atoms with van der Waals surface area (Å²) in [7, 11) is 0. The molecule has 0 aromatic rings. The third-order valence-electron chi connectivity index (χ3n) is 21.6. The Labute approximate surface area is 391 Å². The highest BCUT2D eigenvalue weighted by Gasteiger charge is 2.61. The van der Waals surface area contributed by atoms with Crippen LogP contribution < -0.4 is 0 Å². The maximum Gasteiger partial charge on any atom is 0.508 e. The number of fused-ring (bicyclic) bond motifs is 10. The van der Waals surface area contributed by atoms with Gasteiger partial charge in [-0.2, -0.15) is 0 Å². The average Bonchev–Trinajstić information content (AvgIpc) is 3.79. The van der Waals surface area contributed by atoms with E-state index in [4.69, 9.17) is 18.9 Å². The summed E-state index contributed by atoms with van der Waals surface area (Å²) < 4.78 is 22.7. The number of carbonyl (C=O) groups is 2. The van der Waals surface area contributed by atoms with Crippen molar-refractivity contribution in [3.63, 3.8) is 0 Å². The molecule has 0 aromatic heterocycles. The Kier molecular flexibility index (Phi) is 14.8. The normalized spacial score (nSPS) is 42.1. The monoisotopic (exact) mass is 887 g/mol. The first-order chi connectivity index (χ1) is 30.5. The maximum atomic E-state index is 12.9. The first kappa shape index (κ1) is 48.5. The van der Waals surface area contributed by atoms with Gasteiger partial charge in [0.2, 0.25) is 0 Å². The molecule has 16 unspecified atom stereocenters. The molecule has 0 aliphatic heterocycles. The van der Waals surface area contributed by atoms with E-state index >= 15 is 0 Å². The van der Waals surface area contributed by atoms with Gasteiger partial charge in [-0.25, -0.2) is 9.59 Å². The van der Waals surface area contributed by atoms with E-state index in [9.17, 15) is 9.59 Å². The standard InChI is InChI=1S/C58H94O6/c1-37(2)13-11-15-39(5)47-21-23-49-45-19-17-41-35-43(25-29-55(41,7)51(45)27-31-57(47,49)9)63-53(59)61-33-34-62-54(60)64-44-26-30-56(8)42(36-44)18-20-46-50-24-22-48(40(6)16-12-14-38(3)4)58(50,10)32-28-52(46)56/h17-18,37-40,43-52H,11-16,19-36H2,1-10H3. The fraction of sp³-hybridized carbons (Fsp3) is 0.897. The van der Waals surface area contributed by atoms with Crippen LogP contribution in [0.1, 0.15) is 210 Å². The number of hydrogen-bond donors (Lipinski definition) is 0. The van der Waals surface area contributed by atoms with Crippen molar-refractivity contribution in [3.8, 4) is 0 Å². The van der Waals surface area contributed by atoms with Gasteiger partial charge in [-0.15, -0.1) is 0 Å². The van der Waals surface area contributed by atoms with Crippen LogP contribution in [0.25, 0.3) is 0 Å². The minimum absolute atomic E-state index is 0.0308. The molecule has 0 saturated heterocycles. The predicted octanol–water partition coefficient (Wildman–Crippen LogP) is 16.1. The van der Waals surface area contributed by atoms with E-state index < -0.39 is 12.3 Å². The van der Waals surface area contributed by atoms with Gasteiger partial charge >= 0.3 is 12.3 Å². The number of carbonyl (C=O) groups excluding carboxylic acids is 2. The van der Waals surface area contributed by atoms with Crippen LogP contribution in [0.15, 0.2) is 23.3 Å². The molecular formula is C58H94O6. The van der Waals surface area contributed by atoms with Gasteiger partial charge in [0.25, 0.3) is 0 Å². The third kappa shape index (κ3) is 9.41. The van der Waals surface area contributed by atoms with Gasteiger partial charge in [0.05, 0.1) is 0 Å². The molecule has 8 rings (SSSR count). The van der Waals surface area contributed by atoms with Crippen LogP contribution >= 0.6 is 0 Å². The van der Waals surface area contributed by atoms with E-state index in [1.807, 2.05) is 0 Å². The number of ether oxygens (including phenoxy) is 4. The van der Waals surface area contributed by atoms with E-state index in [1.54, 1.807) is 0 Å². The van der Waals surface area contributed by atoms with Crippen LogP contribution in [0.5, 0.6) is 0 Å². The van der Waals surface area contributed by atoms with E-state index in [0.717, 1.165) is 110 Å². The summed E-state index contributed by atoms with van der Waals surface area (Å²) in [6.07, 6.45) is 30.7. The van der Waals surface area contributed by atoms with Crippen molar-refractivity contribution in [2.75, 3.05) is 13.2 Å². The van der Waals surface area contributed by atoms with E-state index in [2.05, 4.69) is 81.4 Å². The lowest BCUT2D eigenvalue weighted by Gasteiger charge is -2.58. The largest absolute Gasteiger partial charge is 0.508 e. The first-order valence-corrected chi connectivity index (χ1v) is 27.5. The predicted molar refractivity (Wildman–Crippen MR) is 259 cm³/mol. The van der Waals surface area contributed by atoms with Crippen molar-refractivity contribution in [2.24, 2.45) is 92.7 Å². The molecule has 64 heavy (non-hydrogen) atoms. The molecule has 6 saturated carbocycles. The zero-order valence-corrected chi connectivity index (χ0v) is 42.7. The second kappa shape index (κ2) is 19.6. The van der Waals surface area contributed by atoms with Crippen molar-refractivity contribution in [3.05, 3.63) is 23.3 Å². The molecule has 8 aliphatic carbocycles. The van der Waals surface area contributed by atoms with Gasteiger partial charge in [-0.1, -0.05) is 131 Å². The summed E-state index contributed by atoms with van der Waals surface area (Å²) in [6.45, 7) is 24.9. The van der Waals surface area contributed by atoms with Gasteiger partial charge in [0, 0.05) is 12.8 Å². The van der Waals surface area contributed by atoms with Gasteiger partial charge in [0.15, 0.2) is 0 Å². The fourth-order valence-corrected chi connectivity index (χ4v) is 18.1. The summed E-state index contributed by atoms with van der Waals surface area (Å²) in [5.41, 5.74) is 4.42. The van der Waals surface area contributed by atoms with Gasteiger partial charge in [-0.3, -0.25) is 0 Å². The molecule has 8 aliphatic rings. The second-order valence-electron chi connectivity index (χ2n) is 25.7. The minimum atomic E-state index is -0.658. The highest BCUT2D eigenvalue weighted by Crippen LogP contribution is 2.69. The van der Waals surface area contributed by atoms with Crippen molar-refractivity contribution < 1.29 is 28.5 Å². The number of rotatable bonds is 15. The quantitative estimate of drug-likeness (QED) is 0.0927. The highest BCUT2D eigenvalue weighted by atomic mass is 16.8. The molecule has 362 valence electrons. The average molecular weight is 887 g/mol. The molecule has 0 amide bonds. The Morgan fingerprint density at radius 2 is 0.938 bits per heavy atom. The molecule has 0 spiro atoms. The smallest absolute Gasteiger partial charge is 0.431 e. The molecule has 0 heterocycles. The van der Waals surface area contributed by atoms with Crippen LogP contribution in [-0.2, 0) is 18.9 Å². The summed E-state index contributed by atoms with van der Waals surface area (Å²) in [5.74, 6) is 9.76. The number of allylic oxidation sites excluding steroid dienone is 2. The summed E-state index contributed by atoms with van der Waals surface area (Å²) in [6, 6.07) is 0. The fourth-order valence-electron chi connectivity index (χ4n) is 18.1. The Morgan fingerprint density at radius 3 is 1.33 bits per heavy atom. The van der Waals surface area contributed by atoms with Gasteiger partial charge in [-0.05, 0) is 183 Å². The van der Waals surface area contributed by atoms with E-state index in [1.165, 1.54) is 114 Å². The summed E-state index contributed by atoms with van der Waals surface area (Å²) in [5, 5.41) is 0. The van der Waals surface area contributed by atoms with Crippen LogP contribution in [0, 0.1) is 92.7 Å². The van der Waals surface area contributed by atoms with Crippen LogP contribution in [0.4, 0.5) is 9.59 Å². The third-order valence-corrected chi connectivity index (χ3v) is 21.6. The highest BCUT2D eigenvalue weighted by molar-refractivity contribution is 5.61. The lowest BCUT2D eigenvalue weighted by molar-refractivity contribution is -0.0646. The van der Waals surface area contributed by atoms with Gasteiger partial charge < -0.3 is 18.9 Å². The van der Waals surface area contributed by atoms with Crippen molar-refractivity contribution in [1.29, 1.82) is 0 Å². The number of hydrogen-bond acceptors (Lipinski definition) is 6. The van der Waals surface area contributed by atoms with Crippen molar-refractivity contribution in [2.45, 2.75) is 223 Å². The maximum absolute atomic E-state index is 12.9. The zero-order valence-electron chi connectivity index (χ0n) is 42.7. The van der Waals surface area contributed by atoms with E-state index in [0.29, 0.717) is 10.8 Å². The molecule has 0 N–H and O–H groups in total. The molecule has 0 radical (unpaired) electrons. The lowest BCUT2D eigenvalue weighted by atomic mass is 9.47. The molecule has 16 atom stereocenters. The van der Waals surface area contributed by atoms with Crippen molar-refractivity contribution in [1.82, 2.24) is 0 Å². The first-order valence-electron chi connectivity index (χ1n) is 27.5. The minimum Gasteiger partial charge on any atom is -0.431 e. The van der Waals surface area contributed by atoms with Crippen LogP contribution in [-0.4, -0.2) is 37.7 Å². The summed E-state index contributed by atoms with van der Waals surface area (Å²) in [4.78, 5) is 25.8. The van der Waals surface area contributed by atoms with Gasteiger partial charge in [0.1, 0.15) is 25.4 Å². The Morgan fingerprint density at radius 1 is 0.531 bits per heavy atom. The lowest BCUT2D eigenvalue weighted by Crippen LogP contribution is -2.51. The molecular weight excluding hydrogens is 793 g/mol. The second-order valence-corrected chi connectivity index (χ2v) is 25.7. The Bertz CT molecular complexity index is 1570. The molecule has 6 fully saturated rings. The van der Waals surface area contributed by atoms with Crippen molar-refractivity contribution >= 4 is 12.3 Å². The molecule has 0 bridgehead atoms. The zero-order chi connectivity index (χ0) is 45.6. The topological polar surface area (TPSA) is 71.1 Å². The van der Waals surface area contributed by atoms with Crippen LogP contribution in [0.2, 0.25) is 0 Å². The van der Waals surface area contributed by atoms with E-state index in [-0.39, 0.29) is 36.3 Å². The SMILES string of the molecule is CC(C)CCCC(C)C1CCC2C3CC=C4CC(OC(=O)OCCOC(=O)OC5CCC6(C)C(=CCC7C6CCC6(C)C(C(C)CCCC(C)C)CCC76)C5)CCC4(C)C3CCC12C.